The van der Waals surface area contributed by atoms with Crippen LogP contribution < -0.4 is 0 Å². The van der Waals surface area contributed by atoms with Crippen molar-refractivity contribution in [2.45, 2.75) is 0 Å². The molecule has 1 heterocycles. The molecular formula is C15H18N2O3S. The highest BCUT2D eigenvalue weighted by Crippen LogP contribution is 2.26. The summed E-state index contributed by atoms with van der Waals surface area (Å²) in [7, 11) is 3.78. The zero-order valence-corrected chi connectivity index (χ0v) is 12.9. The highest BCUT2D eigenvalue weighted by molar-refractivity contribution is 7.20. The van der Waals surface area contributed by atoms with Crippen LogP contribution in [-0.2, 0) is 4.79 Å². The fourth-order valence-electron chi connectivity index (χ4n) is 1.98. The third-order valence-corrected chi connectivity index (χ3v) is 4.17. The van der Waals surface area contributed by atoms with E-state index in [0.717, 1.165) is 10.1 Å². The van der Waals surface area contributed by atoms with Gasteiger partial charge >= 0.3 is 5.97 Å². The lowest BCUT2D eigenvalue weighted by Crippen LogP contribution is -2.39. The Labute approximate surface area is 127 Å². The van der Waals surface area contributed by atoms with Crippen molar-refractivity contribution >= 4 is 33.3 Å². The minimum atomic E-state index is -0.997. The molecule has 2 aromatic rings. The van der Waals surface area contributed by atoms with Crippen molar-refractivity contribution in [3.63, 3.8) is 0 Å². The molecule has 0 aliphatic rings. The first-order valence-corrected chi connectivity index (χ1v) is 7.43. The Morgan fingerprint density at radius 2 is 1.90 bits per heavy atom. The maximum Gasteiger partial charge on any atom is 0.323 e. The standard InChI is InChI=1S/C15H18N2O3S/c1-16(2)7-8-17(10-14(18)19)15(20)13-9-11-5-3-4-6-12(11)21-13/h3-6,9H,7-8,10H2,1-2H3,(H,18,19). The topological polar surface area (TPSA) is 60.9 Å². The van der Waals surface area contributed by atoms with Crippen molar-refractivity contribution in [1.29, 1.82) is 0 Å². The molecule has 0 bridgehead atoms. The van der Waals surface area contributed by atoms with Crippen LogP contribution in [0.15, 0.2) is 30.3 Å². The summed E-state index contributed by atoms with van der Waals surface area (Å²) in [6.45, 7) is 0.747. The third kappa shape index (κ3) is 4.03. The number of benzene rings is 1. The fraction of sp³-hybridized carbons (Fsp3) is 0.333. The summed E-state index contributed by atoms with van der Waals surface area (Å²) < 4.78 is 1.03. The number of hydrogen-bond donors (Lipinski definition) is 1. The second kappa shape index (κ2) is 6.69. The predicted octanol–water partition coefficient (Wildman–Crippen LogP) is 1.99. The number of carbonyl (C=O) groups is 2. The van der Waals surface area contributed by atoms with Crippen LogP contribution >= 0.6 is 11.3 Å². The van der Waals surface area contributed by atoms with E-state index in [2.05, 4.69) is 0 Å². The molecule has 0 aliphatic heterocycles. The number of carboxylic acids is 1. The van der Waals surface area contributed by atoms with Gasteiger partial charge in [0.2, 0.25) is 0 Å². The molecule has 6 heteroatoms. The number of carboxylic acid groups (broad SMARTS) is 1. The monoisotopic (exact) mass is 306 g/mol. The molecular weight excluding hydrogens is 288 g/mol. The zero-order chi connectivity index (χ0) is 15.4. The van der Waals surface area contributed by atoms with E-state index in [1.54, 1.807) is 0 Å². The van der Waals surface area contributed by atoms with Crippen molar-refractivity contribution in [2.75, 3.05) is 33.7 Å². The van der Waals surface area contributed by atoms with Crippen molar-refractivity contribution in [3.8, 4) is 0 Å². The Morgan fingerprint density at radius 1 is 1.19 bits per heavy atom. The Hall–Kier alpha value is -1.92. The minimum absolute atomic E-state index is 0.222. The van der Waals surface area contributed by atoms with Gasteiger partial charge in [0.25, 0.3) is 5.91 Å². The fourth-order valence-corrected chi connectivity index (χ4v) is 3.01. The van der Waals surface area contributed by atoms with E-state index in [-0.39, 0.29) is 12.5 Å². The number of fused-ring (bicyclic) bond motifs is 1. The quantitative estimate of drug-likeness (QED) is 0.886. The number of nitrogens with zero attached hydrogens (tertiary/aromatic N) is 2. The Morgan fingerprint density at radius 3 is 2.52 bits per heavy atom. The summed E-state index contributed by atoms with van der Waals surface area (Å²) in [6, 6.07) is 9.58. The average molecular weight is 306 g/mol. The lowest BCUT2D eigenvalue weighted by Gasteiger charge is -2.22. The smallest absolute Gasteiger partial charge is 0.323 e. The van der Waals surface area contributed by atoms with Gasteiger partial charge in [-0.15, -0.1) is 11.3 Å². The predicted molar refractivity (Wildman–Crippen MR) is 83.9 cm³/mol. The molecule has 0 saturated heterocycles. The summed E-state index contributed by atoms with van der Waals surface area (Å²) >= 11 is 1.40. The molecule has 0 atom stereocenters. The van der Waals surface area contributed by atoms with E-state index in [0.29, 0.717) is 18.0 Å². The summed E-state index contributed by atoms with van der Waals surface area (Å²) in [5, 5.41) is 9.99. The molecule has 0 radical (unpaired) electrons. The number of likely N-dealkylation sites (N-methyl/N-ethyl adjacent to an activating group) is 1. The zero-order valence-electron chi connectivity index (χ0n) is 12.1. The molecule has 1 amide bonds. The Bertz CT molecular complexity index is 618. The molecule has 0 spiro atoms. The first-order valence-electron chi connectivity index (χ1n) is 6.62. The normalized spacial score (nSPS) is 11.0. The largest absolute Gasteiger partial charge is 0.480 e. The Balaban J connectivity index is 2.21. The van der Waals surface area contributed by atoms with E-state index >= 15 is 0 Å². The van der Waals surface area contributed by atoms with Crippen LogP contribution in [0.3, 0.4) is 0 Å². The van der Waals surface area contributed by atoms with Gasteiger partial charge in [-0.05, 0) is 31.6 Å². The van der Waals surface area contributed by atoms with Crippen LogP contribution in [0.1, 0.15) is 9.67 Å². The van der Waals surface area contributed by atoms with Crippen molar-refractivity contribution in [2.24, 2.45) is 0 Å². The number of aliphatic carboxylic acids is 1. The first kappa shape index (κ1) is 15.5. The van der Waals surface area contributed by atoms with E-state index < -0.39 is 5.97 Å². The molecule has 1 N–H and O–H groups in total. The number of thiophene rings is 1. The van der Waals surface area contributed by atoms with Gasteiger partial charge in [0, 0.05) is 17.8 Å². The molecule has 112 valence electrons. The van der Waals surface area contributed by atoms with Gasteiger partial charge < -0.3 is 14.9 Å². The van der Waals surface area contributed by atoms with E-state index in [9.17, 15) is 9.59 Å². The maximum atomic E-state index is 12.5. The van der Waals surface area contributed by atoms with Crippen LogP contribution in [0.25, 0.3) is 10.1 Å². The van der Waals surface area contributed by atoms with Gasteiger partial charge in [0.15, 0.2) is 0 Å². The SMILES string of the molecule is CN(C)CCN(CC(=O)O)C(=O)c1cc2ccccc2s1. The van der Waals surface area contributed by atoms with Crippen molar-refractivity contribution in [3.05, 3.63) is 35.2 Å². The maximum absolute atomic E-state index is 12.5. The number of hydrogen-bond acceptors (Lipinski definition) is 4. The second-order valence-corrected chi connectivity index (χ2v) is 6.16. The molecule has 0 unspecified atom stereocenters. The number of amides is 1. The van der Waals surface area contributed by atoms with Crippen LogP contribution in [0, 0.1) is 0 Å². The molecule has 2 rings (SSSR count). The Kier molecular flexibility index (Phi) is 4.93. The number of rotatable bonds is 6. The van der Waals surface area contributed by atoms with Gasteiger partial charge in [-0.1, -0.05) is 18.2 Å². The van der Waals surface area contributed by atoms with Crippen LogP contribution in [0.2, 0.25) is 0 Å². The minimum Gasteiger partial charge on any atom is -0.480 e. The highest BCUT2D eigenvalue weighted by Gasteiger charge is 2.20. The summed E-state index contributed by atoms with van der Waals surface area (Å²) in [4.78, 5) is 27.4. The third-order valence-electron chi connectivity index (χ3n) is 3.07. The van der Waals surface area contributed by atoms with Crippen LogP contribution in [0.4, 0.5) is 0 Å². The first-order chi connectivity index (χ1) is 9.97. The van der Waals surface area contributed by atoms with Gasteiger partial charge in [-0.2, -0.15) is 0 Å². The van der Waals surface area contributed by atoms with Gasteiger partial charge in [0.1, 0.15) is 6.54 Å². The van der Waals surface area contributed by atoms with Gasteiger partial charge in [-0.25, -0.2) is 0 Å². The van der Waals surface area contributed by atoms with E-state index in [1.165, 1.54) is 16.2 Å². The van der Waals surface area contributed by atoms with Crippen LogP contribution in [0.5, 0.6) is 0 Å². The van der Waals surface area contributed by atoms with E-state index in [4.69, 9.17) is 5.11 Å². The molecule has 0 aliphatic carbocycles. The van der Waals surface area contributed by atoms with Crippen molar-refractivity contribution < 1.29 is 14.7 Å². The lowest BCUT2D eigenvalue weighted by molar-refractivity contribution is -0.137. The van der Waals surface area contributed by atoms with Crippen molar-refractivity contribution in [1.82, 2.24) is 9.80 Å². The highest BCUT2D eigenvalue weighted by atomic mass is 32.1. The molecule has 5 nitrogen and oxygen atoms in total. The average Bonchev–Trinajstić information content (AvgIpc) is 2.86. The summed E-state index contributed by atoms with van der Waals surface area (Å²) in [6.07, 6.45) is 0. The number of carbonyl (C=O) groups excluding carboxylic acids is 1. The molecule has 1 aromatic heterocycles. The lowest BCUT2D eigenvalue weighted by atomic mass is 10.2. The second-order valence-electron chi connectivity index (χ2n) is 5.07. The summed E-state index contributed by atoms with van der Waals surface area (Å²) in [5.41, 5.74) is 0. The van der Waals surface area contributed by atoms with Crippen LogP contribution in [-0.4, -0.2) is 60.5 Å². The van der Waals surface area contributed by atoms with Gasteiger partial charge in [-0.3, -0.25) is 9.59 Å². The molecule has 21 heavy (non-hydrogen) atoms. The molecule has 1 aromatic carbocycles. The summed E-state index contributed by atoms with van der Waals surface area (Å²) in [5.74, 6) is -1.22. The molecule has 0 saturated carbocycles. The van der Waals surface area contributed by atoms with Gasteiger partial charge in [0.05, 0.1) is 4.88 Å². The van der Waals surface area contributed by atoms with E-state index in [1.807, 2.05) is 49.3 Å². The molecule has 0 fully saturated rings.